The number of nitrogens with one attached hydrogen (secondary N) is 1. The lowest BCUT2D eigenvalue weighted by Gasteiger charge is -2.07. The van der Waals surface area contributed by atoms with Gasteiger partial charge in [0.2, 0.25) is 0 Å². The Bertz CT molecular complexity index is 1130. The highest BCUT2D eigenvalue weighted by Crippen LogP contribution is 2.29. The molecule has 3 rings (SSSR count). The fourth-order valence-corrected chi connectivity index (χ4v) is 4.62. The summed E-state index contributed by atoms with van der Waals surface area (Å²) in [6.07, 6.45) is 1.29. The van der Waals surface area contributed by atoms with E-state index < -0.39 is 21.7 Å². The molecule has 10 heteroatoms. The van der Waals surface area contributed by atoms with E-state index in [-0.39, 0.29) is 27.0 Å². The summed E-state index contributed by atoms with van der Waals surface area (Å²) in [6, 6.07) is 10.2. The van der Waals surface area contributed by atoms with Crippen molar-refractivity contribution in [2.24, 2.45) is 7.05 Å². The van der Waals surface area contributed by atoms with Gasteiger partial charge in [0.25, 0.3) is 15.9 Å². The molecule has 0 spiro atoms. The summed E-state index contributed by atoms with van der Waals surface area (Å²) in [6.45, 7) is 0. The minimum Gasteiger partial charge on any atom is -0.333 e. The summed E-state index contributed by atoms with van der Waals surface area (Å²) in [5.74, 6) is -1.45. The van der Waals surface area contributed by atoms with E-state index >= 15 is 0 Å². The molecular weight excluding hydrogens is 461 g/mol. The summed E-state index contributed by atoms with van der Waals surface area (Å²) in [7, 11) is -2.57. The van der Waals surface area contributed by atoms with Gasteiger partial charge in [-0.05, 0) is 40.2 Å². The van der Waals surface area contributed by atoms with Gasteiger partial charge in [0.15, 0.2) is 0 Å². The van der Waals surface area contributed by atoms with E-state index in [2.05, 4.69) is 20.9 Å². The second kappa shape index (κ2) is 7.41. The lowest BCUT2D eigenvalue weighted by molar-refractivity contribution is 0.0977. The van der Waals surface area contributed by atoms with Crippen molar-refractivity contribution < 1.29 is 17.6 Å². The van der Waals surface area contributed by atoms with Crippen LogP contribution in [0.25, 0.3) is 11.4 Å². The van der Waals surface area contributed by atoms with Crippen LogP contribution >= 0.6 is 27.5 Å². The minimum atomic E-state index is -4.12. The maximum atomic E-state index is 14.1. The average molecular weight is 473 g/mol. The predicted molar refractivity (Wildman–Crippen MR) is 102 cm³/mol. The first-order chi connectivity index (χ1) is 12.7. The standard InChI is InChI=1S/C17H12BrClFN3O3S/c1-23-9-13(21-16(23)15-11(19)6-4-7-12(15)20)17(24)22-27(25,26)14-8-3-2-5-10(14)18/h2-9H,1H3,(H,22,24). The number of halogens is 3. The topological polar surface area (TPSA) is 81.1 Å². The molecule has 2 aromatic carbocycles. The molecule has 0 atom stereocenters. The molecule has 0 radical (unpaired) electrons. The maximum Gasteiger partial charge on any atom is 0.285 e. The normalized spacial score (nSPS) is 11.4. The molecule has 0 saturated carbocycles. The Labute approximate surface area is 168 Å². The van der Waals surface area contributed by atoms with Crippen LogP contribution in [-0.2, 0) is 17.1 Å². The molecule has 0 fully saturated rings. The Balaban J connectivity index is 1.95. The van der Waals surface area contributed by atoms with Gasteiger partial charge >= 0.3 is 0 Å². The molecule has 3 aromatic rings. The molecule has 0 saturated heterocycles. The van der Waals surface area contributed by atoms with Crippen molar-refractivity contribution in [2.45, 2.75) is 4.90 Å². The summed E-state index contributed by atoms with van der Waals surface area (Å²) in [5.41, 5.74) is -0.170. The van der Waals surface area contributed by atoms with E-state index in [0.717, 1.165) is 0 Å². The smallest absolute Gasteiger partial charge is 0.285 e. The third kappa shape index (κ3) is 3.90. The lowest BCUT2D eigenvalue weighted by atomic mass is 10.2. The number of aromatic nitrogens is 2. The number of benzene rings is 2. The molecule has 0 aliphatic rings. The minimum absolute atomic E-state index is 0.0226. The molecule has 1 N–H and O–H groups in total. The van der Waals surface area contributed by atoms with Crippen LogP contribution in [0.2, 0.25) is 5.02 Å². The van der Waals surface area contributed by atoms with E-state index in [1.807, 2.05) is 4.72 Å². The van der Waals surface area contributed by atoms with Crippen molar-refractivity contribution in [3.8, 4) is 11.4 Å². The number of nitrogens with zero attached hydrogens (tertiary/aromatic N) is 2. The largest absolute Gasteiger partial charge is 0.333 e. The second-order valence-corrected chi connectivity index (χ2v) is 8.43. The van der Waals surface area contributed by atoms with Crippen molar-refractivity contribution in [1.29, 1.82) is 0 Å². The fourth-order valence-electron chi connectivity index (χ4n) is 2.41. The average Bonchev–Trinajstić information content (AvgIpc) is 2.96. The van der Waals surface area contributed by atoms with Crippen LogP contribution in [0.5, 0.6) is 0 Å². The quantitative estimate of drug-likeness (QED) is 0.627. The molecule has 0 unspecified atom stereocenters. The number of hydrogen-bond donors (Lipinski definition) is 1. The molecule has 0 aliphatic heterocycles. The molecule has 6 nitrogen and oxygen atoms in total. The molecule has 1 amide bonds. The monoisotopic (exact) mass is 471 g/mol. The van der Waals surface area contributed by atoms with E-state index in [4.69, 9.17) is 11.6 Å². The van der Waals surface area contributed by atoms with Gasteiger partial charge in [-0.3, -0.25) is 4.79 Å². The number of sulfonamides is 1. The number of amides is 1. The lowest BCUT2D eigenvalue weighted by Crippen LogP contribution is -2.31. The predicted octanol–water partition coefficient (Wildman–Crippen LogP) is 3.76. The Morgan fingerprint density at radius 3 is 2.59 bits per heavy atom. The Hall–Kier alpha value is -2.23. The first-order valence-corrected chi connectivity index (χ1v) is 10.2. The number of aryl methyl sites for hydroxylation is 1. The van der Waals surface area contributed by atoms with Crippen LogP contribution in [0.1, 0.15) is 10.5 Å². The summed E-state index contributed by atoms with van der Waals surface area (Å²) < 4.78 is 42.6. The van der Waals surface area contributed by atoms with Crippen LogP contribution in [0, 0.1) is 5.82 Å². The molecule has 1 heterocycles. The van der Waals surface area contributed by atoms with Gasteiger partial charge in [-0.15, -0.1) is 0 Å². The van der Waals surface area contributed by atoms with Crippen molar-refractivity contribution >= 4 is 43.5 Å². The zero-order valence-corrected chi connectivity index (χ0v) is 16.9. The number of imidazole rings is 1. The van der Waals surface area contributed by atoms with Gasteiger partial charge in [0, 0.05) is 17.7 Å². The highest BCUT2D eigenvalue weighted by atomic mass is 79.9. The first-order valence-electron chi connectivity index (χ1n) is 7.50. The van der Waals surface area contributed by atoms with E-state index in [0.29, 0.717) is 4.47 Å². The summed E-state index contributed by atoms with van der Waals surface area (Å²) in [4.78, 5) is 16.4. The van der Waals surface area contributed by atoms with Crippen LogP contribution < -0.4 is 4.72 Å². The van der Waals surface area contributed by atoms with Crippen LogP contribution in [0.4, 0.5) is 4.39 Å². The van der Waals surface area contributed by atoms with Gasteiger partial charge in [-0.25, -0.2) is 22.5 Å². The molecule has 1 aromatic heterocycles. The fraction of sp³-hybridized carbons (Fsp3) is 0.0588. The van der Waals surface area contributed by atoms with E-state index in [1.54, 1.807) is 13.1 Å². The van der Waals surface area contributed by atoms with E-state index in [1.165, 1.54) is 47.2 Å². The molecule has 0 bridgehead atoms. The zero-order valence-electron chi connectivity index (χ0n) is 13.8. The Morgan fingerprint density at radius 1 is 1.22 bits per heavy atom. The maximum absolute atomic E-state index is 14.1. The van der Waals surface area contributed by atoms with Crippen molar-refractivity contribution in [2.75, 3.05) is 0 Å². The molecule has 140 valence electrons. The molecule has 27 heavy (non-hydrogen) atoms. The molecule has 0 aliphatic carbocycles. The van der Waals surface area contributed by atoms with Crippen LogP contribution in [-0.4, -0.2) is 23.9 Å². The van der Waals surface area contributed by atoms with Crippen molar-refractivity contribution in [1.82, 2.24) is 14.3 Å². The van der Waals surface area contributed by atoms with Crippen molar-refractivity contribution in [3.05, 3.63) is 69.7 Å². The van der Waals surface area contributed by atoms with Crippen molar-refractivity contribution in [3.63, 3.8) is 0 Å². The third-order valence-electron chi connectivity index (χ3n) is 3.65. The number of carbonyl (C=O) groups is 1. The summed E-state index contributed by atoms with van der Waals surface area (Å²) >= 11 is 9.17. The number of rotatable bonds is 4. The highest BCUT2D eigenvalue weighted by Gasteiger charge is 2.24. The summed E-state index contributed by atoms with van der Waals surface area (Å²) in [5, 5.41) is 0.122. The van der Waals surface area contributed by atoms with Gasteiger partial charge in [-0.1, -0.05) is 29.8 Å². The van der Waals surface area contributed by atoms with Gasteiger partial charge in [0.05, 0.1) is 10.6 Å². The number of carbonyl (C=O) groups excluding carboxylic acids is 1. The van der Waals surface area contributed by atoms with Gasteiger partial charge < -0.3 is 4.57 Å². The van der Waals surface area contributed by atoms with E-state index in [9.17, 15) is 17.6 Å². The van der Waals surface area contributed by atoms with Gasteiger partial charge in [-0.2, -0.15) is 0 Å². The second-order valence-electron chi connectivity index (χ2n) is 5.52. The van der Waals surface area contributed by atoms with Gasteiger partial charge in [0.1, 0.15) is 22.2 Å². The first kappa shape index (κ1) is 19.5. The highest BCUT2D eigenvalue weighted by molar-refractivity contribution is 9.10. The zero-order chi connectivity index (χ0) is 19.8. The van der Waals surface area contributed by atoms with Crippen LogP contribution in [0.3, 0.4) is 0 Å². The molecular formula is C17H12BrClFN3O3S. The Morgan fingerprint density at radius 2 is 1.93 bits per heavy atom. The van der Waals surface area contributed by atoms with Crippen LogP contribution in [0.15, 0.2) is 58.0 Å². The third-order valence-corrected chi connectivity index (χ3v) is 6.31. The number of hydrogen-bond acceptors (Lipinski definition) is 4. The Kier molecular flexibility index (Phi) is 5.36. The SMILES string of the molecule is Cn1cc(C(=O)NS(=O)(=O)c2ccccc2Br)nc1-c1c(F)cccc1Cl.